The Kier molecular flexibility index (Phi) is 4.46. The molecule has 124 valence electrons. The summed E-state index contributed by atoms with van der Waals surface area (Å²) in [6, 6.07) is 11.0. The molecule has 1 atom stereocenters. The van der Waals surface area contributed by atoms with E-state index >= 15 is 0 Å². The summed E-state index contributed by atoms with van der Waals surface area (Å²) in [6.45, 7) is 2.15. The number of fused-ring (bicyclic) bond motifs is 1. The van der Waals surface area contributed by atoms with E-state index in [1.807, 2.05) is 24.3 Å². The Morgan fingerprint density at radius 3 is 2.71 bits per heavy atom. The highest BCUT2D eigenvalue weighted by molar-refractivity contribution is 6.03. The predicted octanol–water partition coefficient (Wildman–Crippen LogP) is 1.85. The molecule has 0 bridgehead atoms. The number of hydrogen-bond acceptors (Lipinski definition) is 4. The van der Waals surface area contributed by atoms with Crippen molar-refractivity contribution in [2.75, 3.05) is 18.5 Å². The van der Waals surface area contributed by atoms with Gasteiger partial charge in [0.1, 0.15) is 12.3 Å². The van der Waals surface area contributed by atoms with Crippen LogP contribution in [0, 0.1) is 0 Å². The molecule has 6 nitrogen and oxygen atoms in total. The first kappa shape index (κ1) is 16.0. The van der Waals surface area contributed by atoms with Crippen molar-refractivity contribution >= 4 is 17.5 Å². The Labute approximate surface area is 140 Å². The lowest BCUT2D eigenvalue weighted by molar-refractivity contribution is -0.132. The van der Waals surface area contributed by atoms with Crippen molar-refractivity contribution in [1.29, 1.82) is 0 Å². The SMILES string of the molecule is C[C@@H]1Oc2ccccc2N(CC(=O)N(C)Cc2ccncc2)C1=O. The molecule has 2 heterocycles. The minimum atomic E-state index is -0.599. The summed E-state index contributed by atoms with van der Waals surface area (Å²) in [5, 5.41) is 0. The molecule has 1 aliphatic rings. The van der Waals surface area contributed by atoms with Gasteiger partial charge in [-0.3, -0.25) is 19.5 Å². The van der Waals surface area contributed by atoms with Crippen LogP contribution in [-0.2, 0) is 16.1 Å². The number of amides is 2. The van der Waals surface area contributed by atoms with Gasteiger partial charge in [0.25, 0.3) is 5.91 Å². The summed E-state index contributed by atoms with van der Waals surface area (Å²) in [7, 11) is 1.73. The van der Waals surface area contributed by atoms with Gasteiger partial charge in [-0.2, -0.15) is 0 Å². The second-order valence-corrected chi connectivity index (χ2v) is 5.76. The zero-order chi connectivity index (χ0) is 17.1. The number of likely N-dealkylation sites (N-methyl/N-ethyl adjacent to an activating group) is 1. The summed E-state index contributed by atoms with van der Waals surface area (Å²) < 4.78 is 5.59. The molecule has 2 aromatic rings. The van der Waals surface area contributed by atoms with Gasteiger partial charge in [0.15, 0.2) is 6.10 Å². The molecule has 0 radical (unpaired) electrons. The molecular formula is C18H19N3O3. The number of carbonyl (C=O) groups excluding carboxylic acids is 2. The molecule has 0 fully saturated rings. The maximum Gasteiger partial charge on any atom is 0.268 e. The Morgan fingerprint density at radius 2 is 1.96 bits per heavy atom. The minimum Gasteiger partial charge on any atom is -0.479 e. The van der Waals surface area contributed by atoms with Gasteiger partial charge >= 0.3 is 0 Å². The number of para-hydroxylation sites is 2. The number of aromatic nitrogens is 1. The van der Waals surface area contributed by atoms with Gasteiger partial charge in [-0.25, -0.2) is 0 Å². The second-order valence-electron chi connectivity index (χ2n) is 5.76. The highest BCUT2D eigenvalue weighted by Crippen LogP contribution is 2.33. The van der Waals surface area contributed by atoms with Gasteiger partial charge in [-0.15, -0.1) is 0 Å². The molecule has 6 heteroatoms. The molecule has 0 unspecified atom stereocenters. The molecule has 0 spiro atoms. The Hall–Kier alpha value is -2.89. The third-order valence-electron chi connectivity index (χ3n) is 3.96. The molecular weight excluding hydrogens is 306 g/mol. The van der Waals surface area contributed by atoms with E-state index in [-0.39, 0.29) is 18.4 Å². The smallest absolute Gasteiger partial charge is 0.268 e. The molecule has 2 amide bonds. The van der Waals surface area contributed by atoms with E-state index in [1.165, 1.54) is 4.90 Å². The quantitative estimate of drug-likeness (QED) is 0.861. The molecule has 1 aromatic heterocycles. The molecule has 0 aliphatic carbocycles. The largest absolute Gasteiger partial charge is 0.479 e. The Bertz CT molecular complexity index is 748. The number of anilines is 1. The second kappa shape index (κ2) is 6.70. The summed E-state index contributed by atoms with van der Waals surface area (Å²) in [4.78, 5) is 32.0. The van der Waals surface area contributed by atoms with E-state index in [2.05, 4.69) is 4.98 Å². The number of nitrogens with zero attached hydrogens (tertiary/aromatic N) is 3. The number of pyridine rings is 1. The van der Waals surface area contributed by atoms with Crippen LogP contribution in [-0.4, -0.2) is 41.4 Å². The summed E-state index contributed by atoms with van der Waals surface area (Å²) in [5.41, 5.74) is 1.62. The fourth-order valence-electron chi connectivity index (χ4n) is 2.63. The van der Waals surface area contributed by atoms with E-state index in [4.69, 9.17) is 4.74 Å². The Balaban J connectivity index is 1.74. The first-order chi connectivity index (χ1) is 11.6. The van der Waals surface area contributed by atoms with Gasteiger partial charge in [0, 0.05) is 26.0 Å². The van der Waals surface area contributed by atoms with Crippen molar-refractivity contribution in [2.45, 2.75) is 19.6 Å². The van der Waals surface area contributed by atoms with Crippen molar-refractivity contribution in [3.05, 3.63) is 54.4 Å². The molecule has 1 aromatic carbocycles. The van der Waals surface area contributed by atoms with Crippen LogP contribution in [0.15, 0.2) is 48.8 Å². The van der Waals surface area contributed by atoms with Crippen LogP contribution in [0.2, 0.25) is 0 Å². The van der Waals surface area contributed by atoms with E-state index in [1.54, 1.807) is 43.4 Å². The van der Waals surface area contributed by atoms with Crippen LogP contribution in [0.25, 0.3) is 0 Å². The predicted molar refractivity (Wildman–Crippen MR) is 89.6 cm³/mol. The normalized spacial score (nSPS) is 16.3. The zero-order valence-electron chi connectivity index (χ0n) is 13.7. The molecule has 3 rings (SSSR count). The van der Waals surface area contributed by atoms with E-state index < -0.39 is 6.10 Å². The fraction of sp³-hybridized carbons (Fsp3) is 0.278. The monoisotopic (exact) mass is 325 g/mol. The first-order valence-corrected chi connectivity index (χ1v) is 7.76. The van der Waals surface area contributed by atoms with Gasteiger partial charge in [-0.1, -0.05) is 12.1 Å². The zero-order valence-corrected chi connectivity index (χ0v) is 13.7. The van der Waals surface area contributed by atoms with Crippen molar-refractivity contribution in [2.24, 2.45) is 0 Å². The summed E-state index contributed by atoms with van der Waals surface area (Å²) >= 11 is 0. The molecule has 0 saturated heterocycles. The Morgan fingerprint density at radius 1 is 1.25 bits per heavy atom. The standard InChI is InChI=1S/C18H19N3O3/c1-13-18(23)21(15-5-3-4-6-16(15)24-13)12-17(22)20(2)11-14-7-9-19-10-8-14/h3-10,13H,11-12H2,1-2H3/t13-/m0/s1. The van der Waals surface area contributed by atoms with Gasteiger partial charge in [0.2, 0.25) is 5.91 Å². The highest BCUT2D eigenvalue weighted by atomic mass is 16.5. The number of rotatable bonds is 4. The maximum atomic E-state index is 12.6. The lowest BCUT2D eigenvalue weighted by atomic mass is 10.2. The van der Waals surface area contributed by atoms with Crippen molar-refractivity contribution in [1.82, 2.24) is 9.88 Å². The van der Waals surface area contributed by atoms with Gasteiger partial charge < -0.3 is 9.64 Å². The van der Waals surface area contributed by atoms with Crippen LogP contribution < -0.4 is 9.64 Å². The number of benzene rings is 1. The van der Waals surface area contributed by atoms with Crippen molar-refractivity contribution in [3.63, 3.8) is 0 Å². The fourth-order valence-corrected chi connectivity index (χ4v) is 2.63. The maximum absolute atomic E-state index is 12.6. The summed E-state index contributed by atoms with van der Waals surface area (Å²) in [6.07, 6.45) is 2.78. The van der Waals surface area contributed by atoms with Gasteiger partial charge in [-0.05, 0) is 36.8 Å². The van der Waals surface area contributed by atoms with Crippen LogP contribution in [0.1, 0.15) is 12.5 Å². The molecule has 0 N–H and O–H groups in total. The van der Waals surface area contributed by atoms with E-state index in [0.29, 0.717) is 18.0 Å². The number of carbonyl (C=O) groups is 2. The number of ether oxygens (including phenoxy) is 1. The lowest BCUT2D eigenvalue weighted by Crippen LogP contribution is -2.48. The van der Waals surface area contributed by atoms with Gasteiger partial charge in [0.05, 0.1) is 5.69 Å². The minimum absolute atomic E-state index is 0.00880. The van der Waals surface area contributed by atoms with Crippen molar-refractivity contribution in [3.8, 4) is 5.75 Å². The lowest BCUT2D eigenvalue weighted by Gasteiger charge is -2.33. The summed E-state index contributed by atoms with van der Waals surface area (Å²) in [5.74, 6) is 0.276. The molecule has 0 saturated carbocycles. The van der Waals surface area contributed by atoms with Crippen LogP contribution in [0.4, 0.5) is 5.69 Å². The van der Waals surface area contributed by atoms with Crippen LogP contribution in [0.3, 0.4) is 0 Å². The first-order valence-electron chi connectivity index (χ1n) is 7.76. The third kappa shape index (κ3) is 3.22. The number of hydrogen-bond donors (Lipinski definition) is 0. The van der Waals surface area contributed by atoms with Crippen LogP contribution >= 0.6 is 0 Å². The van der Waals surface area contributed by atoms with Crippen molar-refractivity contribution < 1.29 is 14.3 Å². The molecule has 24 heavy (non-hydrogen) atoms. The van der Waals surface area contributed by atoms with E-state index in [9.17, 15) is 9.59 Å². The third-order valence-corrected chi connectivity index (χ3v) is 3.96. The topological polar surface area (TPSA) is 62.7 Å². The van der Waals surface area contributed by atoms with E-state index in [0.717, 1.165) is 5.56 Å². The molecule has 1 aliphatic heterocycles. The highest BCUT2D eigenvalue weighted by Gasteiger charge is 2.32. The van der Waals surface area contributed by atoms with Crippen LogP contribution in [0.5, 0.6) is 5.75 Å². The average molecular weight is 325 g/mol. The average Bonchev–Trinajstić information content (AvgIpc) is 2.59.